The summed E-state index contributed by atoms with van der Waals surface area (Å²) in [4.78, 5) is 19.4. The van der Waals surface area contributed by atoms with Gasteiger partial charge < -0.3 is 10.2 Å². The first-order valence-corrected chi connectivity index (χ1v) is 10.8. The van der Waals surface area contributed by atoms with E-state index in [0.29, 0.717) is 30.2 Å². The summed E-state index contributed by atoms with van der Waals surface area (Å²) < 4.78 is 40.0. The Morgan fingerprint density at radius 1 is 1.24 bits per heavy atom. The van der Waals surface area contributed by atoms with Gasteiger partial charge in [0.1, 0.15) is 5.82 Å². The number of carbonyl (C=O) groups is 1. The fraction of sp³-hybridized carbons (Fsp3) is 0.391. The molecule has 1 aromatic carbocycles. The Labute approximate surface area is 189 Å². The molecule has 0 unspecified atom stereocenters. The van der Waals surface area contributed by atoms with E-state index >= 15 is 0 Å². The number of rotatable bonds is 5. The van der Waals surface area contributed by atoms with E-state index in [1.807, 2.05) is 30.0 Å². The normalized spacial score (nSPS) is 18.9. The largest absolute Gasteiger partial charge is 0.417 e. The van der Waals surface area contributed by atoms with Crippen molar-refractivity contribution in [2.75, 3.05) is 18.4 Å². The third kappa shape index (κ3) is 4.99. The Morgan fingerprint density at radius 3 is 2.73 bits per heavy atom. The Morgan fingerprint density at radius 2 is 2.06 bits per heavy atom. The lowest BCUT2D eigenvalue weighted by molar-refractivity contribution is -0.137. The van der Waals surface area contributed by atoms with E-state index in [9.17, 15) is 18.0 Å². The zero-order chi connectivity index (χ0) is 23.6. The topological polar surface area (TPSA) is 75.9 Å². The highest BCUT2D eigenvalue weighted by molar-refractivity contribution is 5.98. The van der Waals surface area contributed by atoms with Gasteiger partial charge in [0.15, 0.2) is 0 Å². The molecule has 0 saturated carbocycles. The molecule has 3 aromatic rings. The van der Waals surface area contributed by atoms with Crippen molar-refractivity contribution >= 4 is 11.7 Å². The molecule has 2 atom stereocenters. The van der Waals surface area contributed by atoms with Crippen molar-refractivity contribution in [2.24, 2.45) is 5.92 Å². The highest BCUT2D eigenvalue weighted by Gasteiger charge is 2.34. The molecule has 174 valence electrons. The molecule has 33 heavy (non-hydrogen) atoms. The summed E-state index contributed by atoms with van der Waals surface area (Å²) in [5.41, 5.74) is 1.34. The number of nitrogens with zero attached hydrogens (tertiary/aromatic N) is 5. The van der Waals surface area contributed by atoms with Crippen LogP contribution in [0.1, 0.15) is 41.3 Å². The first-order valence-electron chi connectivity index (χ1n) is 10.8. The third-order valence-corrected chi connectivity index (χ3v) is 6.01. The molecule has 4 rings (SSSR count). The zero-order valence-electron chi connectivity index (χ0n) is 18.4. The van der Waals surface area contributed by atoms with Crippen LogP contribution in [0, 0.1) is 12.8 Å². The lowest BCUT2D eigenvalue weighted by atomic mass is 9.89. The maximum atomic E-state index is 13.7. The highest BCUT2D eigenvalue weighted by Crippen LogP contribution is 2.30. The molecule has 1 fully saturated rings. The maximum absolute atomic E-state index is 13.7. The van der Waals surface area contributed by atoms with Gasteiger partial charge >= 0.3 is 6.18 Å². The van der Waals surface area contributed by atoms with Crippen molar-refractivity contribution < 1.29 is 18.0 Å². The highest BCUT2D eigenvalue weighted by atomic mass is 19.4. The molecule has 10 heteroatoms. The van der Waals surface area contributed by atoms with Gasteiger partial charge in [-0.2, -0.15) is 13.2 Å². The van der Waals surface area contributed by atoms with Gasteiger partial charge in [0, 0.05) is 19.3 Å². The minimum Gasteiger partial charge on any atom is -0.368 e. The number of aryl methyl sites for hydroxylation is 1. The van der Waals surface area contributed by atoms with E-state index in [1.165, 1.54) is 6.07 Å². The number of aromatic nitrogens is 4. The van der Waals surface area contributed by atoms with E-state index in [2.05, 4.69) is 27.5 Å². The number of amides is 1. The maximum Gasteiger partial charge on any atom is 0.417 e. The lowest BCUT2D eigenvalue weighted by Crippen LogP contribution is -2.51. The molecule has 1 amide bonds. The predicted molar refractivity (Wildman–Crippen MR) is 117 cm³/mol. The Kier molecular flexibility index (Phi) is 6.35. The van der Waals surface area contributed by atoms with Gasteiger partial charge in [0.25, 0.3) is 5.91 Å². The smallest absolute Gasteiger partial charge is 0.368 e. The summed E-state index contributed by atoms with van der Waals surface area (Å²) in [5.74, 6) is 0.444. The summed E-state index contributed by atoms with van der Waals surface area (Å²) in [6, 6.07) is 7.79. The van der Waals surface area contributed by atoms with Crippen molar-refractivity contribution in [3.8, 4) is 5.69 Å². The van der Waals surface area contributed by atoms with Crippen molar-refractivity contribution in [3.05, 3.63) is 65.6 Å². The fourth-order valence-electron chi connectivity index (χ4n) is 4.20. The quantitative estimate of drug-likeness (QED) is 0.616. The molecule has 1 saturated heterocycles. The van der Waals surface area contributed by atoms with Crippen molar-refractivity contribution in [3.63, 3.8) is 0 Å². The first kappa shape index (κ1) is 22.8. The number of halogens is 3. The van der Waals surface area contributed by atoms with E-state index in [4.69, 9.17) is 0 Å². The summed E-state index contributed by atoms with van der Waals surface area (Å²) in [6.45, 7) is 4.99. The number of benzene rings is 1. The van der Waals surface area contributed by atoms with E-state index < -0.39 is 11.7 Å². The molecule has 1 aliphatic rings. The SMILES string of the molecule is Cc1ccc(-n2ccnn2)c(C(=O)N2CCC[C@H](C)[C@@H]2CNc2ccc(C(F)(F)F)cn2)c1. The number of nitrogens with one attached hydrogen (secondary N) is 1. The summed E-state index contributed by atoms with van der Waals surface area (Å²) in [6.07, 6.45) is 1.47. The van der Waals surface area contributed by atoms with Gasteiger partial charge in [-0.1, -0.05) is 23.8 Å². The van der Waals surface area contributed by atoms with Crippen LogP contribution in [0.15, 0.2) is 48.9 Å². The summed E-state index contributed by atoms with van der Waals surface area (Å²) >= 11 is 0. The van der Waals surface area contributed by atoms with Gasteiger partial charge in [0.2, 0.25) is 0 Å². The van der Waals surface area contributed by atoms with Crippen molar-refractivity contribution in [2.45, 2.75) is 38.9 Å². The van der Waals surface area contributed by atoms with E-state index in [0.717, 1.165) is 30.7 Å². The van der Waals surface area contributed by atoms with E-state index in [-0.39, 0.29) is 17.9 Å². The molecule has 1 N–H and O–H groups in total. The number of hydrogen-bond donors (Lipinski definition) is 1. The van der Waals surface area contributed by atoms with Crippen LogP contribution in [0.3, 0.4) is 0 Å². The number of carbonyl (C=O) groups excluding carboxylic acids is 1. The van der Waals surface area contributed by atoms with Crippen LogP contribution >= 0.6 is 0 Å². The van der Waals surface area contributed by atoms with Crippen molar-refractivity contribution in [1.82, 2.24) is 24.9 Å². The molecule has 0 bridgehead atoms. The average molecular weight is 458 g/mol. The van der Waals surface area contributed by atoms with Gasteiger partial charge in [0.05, 0.1) is 35.2 Å². The fourth-order valence-corrected chi connectivity index (χ4v) is 4.20. The van der Waals surface area contributed by atoms with Crippen LogP contribution in [0.5, 0.6) is 0 Å². The van der Waals surface area contributed by atoms with Crippen LogP contribution < -0.4 is 5.32 Å². The van der Waals surface area contributed by atoms with Crippen LogP contribution in [0.4, 0.5) is 19.0 Å². The predicted octanol–water partition coefficient (Wildman–Crippen LogP) is 4.34. The molecule has 1 aliphatic heterocycles. The van der Waals surface area contributed by atoms with Crippen LogP contribution in [0.2, 0.25) is 0 Å². The molecule has 3 heterocycles. The molecule has 7 nitrogen and oxygen atoms in total. The van der Waals surface area contributed by atoms with Gasteiger partial charge in [-0.25, -0.2) is 9.67 Å². The zero-order valence-corrected chi connectivity index (χ0v) is 18.4. The number of pyridine rings is 1. The van der Waals surface area contributed by atoms with Crippen LogP contribution in [-0.4, -0.2) is 49.9 Å². The Bertz CT molecular complexity index is 1100. The van der Waals surface area contributed by atoms with Gasteiger partial charge in [-0.3, -0.25) is 4.79 Å². The minimum absolute atomic E-state index is 0.108. The Hall–Kier alpha value is -3.43. The van der Waals surface area contributed by atoms with Crippen molar-refractivity contribution in [1.29, 1.82) is 0 Å². The summed E-state index contributed by atoms with van der Waals surface area (Å²) in [5, 5.41) is 11.0. The van der Waals surface area contributed by atoms with Crippen LogP contribution in [-0.2, 0) is 6.18 Å². The lowest BCUT2D eigenvalue weighted by Gasteiger charge is -2.40. The second-order valence-electron chi connectivity index (χ2n) is 8.36. The number of hydrogen-bond acceptors (Lipinski definition) is 5. The first-order chi connectivity index (χ1) is 15.7. The van der Waals surface area contributed by atoms with E-state index in [1.54, 1.807) is 17.1 Å². The second kappa shape index (κ2) is 9.21. The molecule has 0 spiro atoms. The monoisotopic (exact) mass is 458 g/mol. The Balaban J connectivity index is 1.55. The number of alkyl halides is 3. The minimum atomic E-state index is -4.43. The second-order valence-corrected chi connectivity index (χ2v) is 8.36. The summed E-state index contributed by atoms with van der Waals surface area (Å²) in [7, 11) is 0. The number of likely N-dealkylation sites (tertiary alicyclic amines) is 1. The number of piperidine rings is 1. The molecule has 0 aliphatic carbocycles. The molecule has 0 radical (unpaired) electrons. The molecular formula is C23H25F3N6O. The number of anilines is 1. The van der Waals surface area contributed by atoms with Gasteiger partial charge in [-0.05, 0) is 49.9 Å². The standard InChI is InChI=1S/C23H25F3N6O/c1-15-5-7-19(32-11-9-29-30-32)18(12-15)22(33)31-10-3-4-16(2)20(31)14-28-21-8-6-17(13-27-21)23(24,25)26/h5-9,11-13,16,20H,3-4,10,14H2,1-2H3,(H,27,28)/t16-,20-/m0/s1. The molecular weight excluding hydrogens is 433 g/mol. The average Bonchev–Trinajstić information content (AvgIpc) is 3.32. The van der Waals surface area contributed by atoms with Gasteiger partial charge in [-0.15, -0.1) is 5.10 Å². The molecule has 2 aromatic heterocycles. The van der Waals surface area contributed by atoms with Crippen LogP contribution in [0.25, 0.3) is 5.69 Å². The third-order valence-electron chi connectivity index (χ3n) is 6.01.